The van der Waals surface area contributed by atoms with E-state index in [-0.39, 0.29) is 25.1 Å². The Kier molecular flexibility index (Phi) is 5.56. The first kappa shape index (κ1) is 17.7. The van der Waals surface area contributed by atoms with Crippen LogP contribution >= 0.6 is 0 Å². The summed E-state index contributed by atoms with van der Waals surface area (Å²) in [6, 6.07) is 12.6. The third-order valence-electron chi connectivity index (χ3n) is 4.22. The Hall–Kier alpha value is -2.11. The molecule has 5 heteroatoms. The van der Waals surface area contributed by atoms with Gasteiger partial charge >= 0.3 is 0 Å². The highest BCUT2D eigenvalue weighted by Gasteiger charge is 2.24. The van der Waals surface area contributed by atoms with Crippen LogP contribution in [0.5, 0.6) is 5.75 Å². The molecule has 0 fully saturated rings. The minimum absolute atomic E-state index is 0.0563. The lowest BCUT2D eigenvalue weighted by molar-refractivity contribution is 0.0297. The second-order valence-corrected chi connectivity index (χ2v) is 6.56. The number of aliphatic hydroxyl groups excluding tert-OH is 1. The van der Waals surface area contributed by atoms with Crippen LogP contribution in [0, 0.1) is 12.7 Å². The van der Waals surface area contributed by atoms with Crippen molar-refractivity contribution in [2.45, 2.75) is 32.7 Å². The van der Waals surface area contributed by atoms with Gasteiger partial charge in [0.25, 0.3) is 0 Å². The average molecular weight is 345 g/mol. The number of fused-ring (bicyclic) bond motifs is 1. The molecule has 0 spiro atoms. The van der Waals surface area contributed by atoms with Crippen molar-refractivity contribution in [1.29, 1.82) is 0 Å². The molecule has 25 heavy (non-hydrogen) atoms. The van der Waals surface area contributed by atoms with Gasteiger partial charge in [0.05, 0.1) is 31.5 Å². The molecular weight excluding hydrogens is 321 g/mol. The minimum atomic E-state index is -0.661. The molecule has 4 nitrogen and oxygen atoms in total. The van der Waals surface area contributed by atoms with Gasteiger partial charge in [-0.1, -0.05) is 24.3 Å². The summed E-state index contributed by atoms with van der Waals surface area (Å²) in [4.78, 5) is 2.11. The molecule has 1 N–H and O–H groups in total. The van der Waals surface area contributed by atoms with Crippen LogP contribution in [0.25, 0.3) is 0 Å². The normalized spacial score (nSPS) is 17.8. The number of hydrogen-bond donors (Lipinski definition) is 1. The van der Waals surface area contributed by atoms with Crippen molar-refractivity contribution in [2.75, 3.05) is 24.6 Å². The molecular formula is C20H24FNO3. The van der Waals surface area contributed by atoms with E-state index in [0.29, 0.717) is 18.7 Å². The summed E-state index contributed by atoms with van der Waals surface area (Å²) < 4.78 is 24.9. The maximum Gasteiger partial charge on any atom is 0.143 e. The highest BCUT2D eigenvalue weighted by molar-refractivity contribution is 5.61. The fourth-order valence-electron chi connectivity index (χ4n) is 3.04. The van der Waals surface area contributed by atoms with Gasteiger partial charge in [0.1, 0.15) is 17.7 Å². The molecule has 0 unspecified atom stereocenters. The van der Waals surface area contributed by atoms with E-state index in [1.165, 1.54) is 6.07 Å². The van der Waals surface area contributed by atoms with E-state index in [2.05, 4.69) is 4.90 Å². The molecule has 0 bridgehead atoms. The molecule has 3 rings (SSSR count). The zero-order chi connectivity index (χ0) is 17.8. The van der Waals surface area contributed by atoms with Crippen LogP contribution in [0.1, 0.15) is 18.1 Å². The Bertz CT molecular complexity index is 722. The van der Waals surface area contributed by atoms with Gasteiger partial charge in [-0.3, -0.25) is 0 Å². The summed E-state index contributed by atoms with van der Waals surface area (Å²) >= 11 is 0. The lowest BCUT2D eigenvalue weighted by Gasteiger charge is -2.36. The lowest BCUT2D eigenvalue weighted by atomic mass is 10.1. The van der Waals surface area contributed by atoms with Gasteiger partial charge in [0.15, 0.2) is 0 Å². The Morgan fingerprint density at radius 2 is 2.12 bits per heavy atom. The van der Waals surface area contributed by atoms with Gasteiger partial charge in [0.2, 0.25) is 0 Å². The van der Waals surface area contributed by atoms with Crippen LogP contribution in [-0.2, 0) is 11.3 Å². The monoisotopic (exact) mass is 345 g/mol. The van der Waals surface area contributed by atoms with E-state index in [1.54, 1.807) is 18.2 Å². The van der Waals surface area contributed by atoms with E-state index >= 15 is 0 Å². The number of halogens is 1. The molecule has 2 aromatic carbocycles. The molecule has 0 radical (unpaired) electrons. The predicted molar refractivity (Wildman–Crippen MR) is 95.5 cm³/mol. The van der Waals surface area contributed by atoms with Gasteiger partial charge in [-0.05, 0) is 37.6 Å². The highest BCUT2D eigenvalue weighted by atomic mass is 19.1. The minimum Gasteiger partial charge on any atom is -0.487 e. The molecule has 0 saturated carbocycles. The largest absolute Gasteiger partial charge is 0.487 e. The average Bonchev–Trinajstić information content (AvgIpc) is 2.56. The fourth-order valence-corrected chi connectivity index (χ4v) is 3.04. The zero-order valence-electron chi connectivity index (χ0n) is 14.6. The van der Waals surface area contributed by atoms with Crippen LogP contribution in [-0.4, -0.2) is 37.0 Å². The second kappa shape index (κ2) is 7.85. The van der Waals surface area contributed by atoms with Gasteiger partial charge < -0.3 is 19.5 Å². The number of hydrogen-bond acceptors (Lipinski definition) is 4. The van der Waals surface area contributed by atoms with Crippen molar-refractivity contribution < 1.29 is 19.0 Å². The van der Waals surface area contributed by atoms with Crippen molar-refractivity contribution in [3.8, 4) is 5.75 Å². The molecule has 0 amide bonds. The maximum atomic E-state index is 13.6. The van der Waals surface area contributed by atoms with Gasteiger partial charge in [-0.25, -0.2) is 4.39 Å². The number of ether oxygens (including phenoxy) is 2. The number of nitrogens with zero attached hydrogens (tertiary/aromatic N) is 1. The zero-order valence-corrected chi connectivity index (χ0v) is 14.6. The van der Waals surface area contributed by atoms with Crippen molar-refractivity contribution in [2.24, 2.45) is 0 Å². The van der Waals surface area contributed by atoms with Gasteiger partial charge in [-0.2, -0.15) is 0 Å². The molecule has 2 atom stereocenters. The number of aryl methyl sites for hydroxylation is 1. The first-order valence-electron chi connectivity index (χ1n) is 8.54. The third kappa shape index (κ3) is 4.50. The molecule has 2 aromatic rings. The molecule has 1 heterocycles. The molecule has 0 aromatic heterocycles. The van der Waals surface area contributed by atoms with Crippen LogP contribution in [0.2, 0.25) is 0 Å². The summed E-state index contributed by atoms with van der Waals surface area (Å²) in [6.07, 6.45) is -0.605. The van der Waals surface area contributed by atoms with Crippen LogP contribution in [0.3, 0.4) is 0 Å². The summed E-state index contributed by atoms with van der Waals surface area (Å²) in [5.74, 6) is 0.557. The van der Waals surface area contributed by atoms with Crippen molar-refractivity contribution in [1.82, 2.24) is 0 Å². The highest BCUT2D eigenvalue weighted by Crippen LogP contribution is 2.34. The number of benzene rings is 2. The van der Waals surface area contributed by atoms with E-state index in [1.807, 2.05) is 32.0 Å². The number of anilines is 1. The predicted octanol–water partition coefficient (Wildman–Crippen LogP) is 3.30. The SMILES string of the molecule is Cc1ccc2c(c1)O[C@H](C)CN2C[C@@H](O)COCc1ccccc1F. The van der Waals surface area contributed by atoms with Crippen molar-refractivity contribution >= 4 is 5.69 Å². The van der Waals surface area contributed by atoms with Crippen LogP contribution < -0.4 is 9.64 Å². The van der Waals surface area contributed by atoms with E-state index in [9.17, 15) is 9.50 Å². The Labute approximate surface area is 147 Å². The van der Waals surface area contributed by atoms with Crippen molar-refractivity contribution in [3.63, 3.8) is 0 Å². The number of aliphatic hydroxyl groups is 1. The third-order valence-corrected chi connectivity index (χ3v) is 4.22. The molecule has 134 valence electrons. The molecule has 0 aliphatic carbocycles. The Morgan fingerprint density at radius 3 is 2.92 bits per heavy atom. The summed E-state index contributed by atoms with van der Waals surface area (Å²) in [5.41, 5.74) is 2.62. The molecule has 0 saturated heterocycles. The summed E-state index contributed by atoms with van der Waals surface area (Å²) in [6.45, 7) is 5.50. The lowest BCUT2D eigenvalue weighted by Crippen LogP contribution is -2.43. The van der Waals surface area contributed by atoms with E-state index in [4.69, 9.17) is 9.47 Å². The first-order chi connectivity index (χ1) is 12.0. The smallest absolute Gasteiger partial charge is 0.143 e. The second-order valence-electron chi connectivity index (χ2n) is 6.56. The standard InChI is InChI=1S/C20H24FNO3/c1-14-7-8-19-20(9-14)25-15(2)10-22(19)11-17(23)13-24-12-16-5-3-4-6-18(16)21/h3-9,15,17,23H,10-13H2,1-2H3/t15-,17-/m1/s1. The Morgan fingerprint density at radius 1 is 1.32 bits per heavy atom. The summed E-state index contributed by atoms with van der Waals surface area (Å²) in [7, 11) is 0. The summed E-state index contributed by atoms with van der Waals surface area (Å²) in [5, 5.41) is 10.3. The van der Waals surface area contributed by atoms with Crippen molar-refractivity contribution in [3.05, 3.63) is 59.4 Å². The maximum absolute atomic E-state index is 13.6. The van der Waals surface area contributed by atoms with E-state index in [0.717, 1.165) is 17.0 Å². The number of rotatable bonds is 6. The van der Waals surface area contributed by atoms with Crippen LogP contribution in [0.4, 0.5) is 10.1 Å². The fraction of sp³-hybridized carbons (Fsp3) is 0.400. The van der Waals surface area contributed by atoms with Gasteiger partial charge in [0, 0.05) is 12.1 Å². The van der Waals surface area contributed by atoms with Gasteiger partial charge in [-0.15, -0.1) is 0 Å². The quantitative estimate of drug-likeness (QED) is 0.872. The molecule has 1 aliphatic heterocycles. The topological polar surface area (TPSA) is 41.9 Å². The molecule has 1 aliphatic rings. The first-order valence-corrected chi connectivity index (χ1v) is 8.54. The van der Waals surface area contributed by atoms with Crippen LogP contribution in [0.15, 0.2) is 42.5 Å². The Balaban J connectivity index is 1.56. The number of β-amino-alcohol motifs (C(OH)–C–C–N with tert-alkyl or cyclic N) is 1. The van der Waals surface area contributed by atoms with E-state index < -0.39 is 6.10 Å².